The molecule has 5 heteroatoms. The number of nitrogens with one attached hydrogen (secondary N) is 1. The zero-order valence-electron chi connectivity index (χ0n) is 10.5. The van der Waals surface area contributed by atoms with Crippen LogP contribution in [0.15, 0.2) is 0 Å². The van der Waals surface area contributed by atoms with Crippen LogP contribution in [0.3, 0.4) is 0 Å². The second kappa shape index (κ2) is 5.47. The first kappa shape index (κ1) is 13.9. The molecule has 0 heterocycles. The van der Waals surface area contributed by atoms with E-state index in [1.165, 1.54) is 19.1 Å². The molecule has 0 amide bonds. The van der Waals surface area contributed by atoms with Gasteiger partial charge in [0, 0.05) is 18.8 Å². The van der Waals surface area contributed by atoms with Gasteiger partial charge in [-0.05, 0) is 25.2 Å². The van der Waals surface area contributed by atoms with Crippen molar-refractivity contribution in [3.05, 3.63) is 0 Å². The summed E-state index contributed by atoms with van der Waals surface area (Å²) in [5.41, 5.74) is 0.479. The lowest BCUT2D eigenvalue weighted by molar-refractivity contribution is 0.146. The summed E-state index contributed by atoms with van der Waals surface area (Å²) in [5.74, 6) is 0.111. The molecule has 0 radical (unpaired) electrons. The molecule has 0 bridgehead atoms. The minimum atomic E-state index is -2.89. The highest BCUT2D eigenvalue weighted by atomic mass is 32.2. The van der Waals surface area contributed by atoms with Crippen LogP contribution in [-0.2, 0) is 14.6 Å². The molecule has 96 valence electrons. The Kier molecular flexibility index (Phi) is 4.76. The maximum atomic E-state index is 10.8. The van der Waals surface area contributed by atoms with E-state index in [-0.39, 0.29) is 5.75 Å². The number of rotatable bonds is 8. The molecule has 0 spiro atoms. The molecule has 0 saturated heterocycles. The summed E-state index contributed by atoms with van der Waals surface area (Å²) in [5, 5.41) is 3.41. The Balaban J connectivity index is 1.96. The van der Waals surface area contributed by atoms with Crippen molar-refractivity contribution in [1.29, 1.82) is 0 Å². The van der Waals surface area contributed by atoms with E-state index >= 15 is 0 Å². The van der Waals surface area contributed by atoms with Crippen LogP contribution in [0.25, 0.3) is 0 Å². The van der Waals surface area contributed by atoms with Crippen LogP contribution in [0, 0.1) is 5.41 Å². The summed E-state index contributed by atoms with van der Waals surface area (Å²) in [4.78, 5) is 0. The van der Waals surface area contributed by atoms with Crippen molar-refractivity contribution in [3.8, 4) is 0 Å². The Bertz CT molecular complexity index is 309. The monoisotopic (exact) mass is 249 g/mol. The van der Waals surface area contributed by atoms with Gasteiger partial charge in [-0.1, -0.05) is 6.92 Å². The Hall–Kier alpha value is -0.130. The highest BCUT2D eigenvalue weighted by Crippen LogP contribution is 2.47. The Morgan fingerprint density at radius 1 is 1.38 bits per heavy atom. The fourth-order valence-corrected chi connectivity index (χ4v) is 1.96. The van der Waals surface area contributed by atoms with Gasteiger partial charge in [0.2, 0.25) is 0 Å². The molecule has 1 fully saturated rings. The Morgan fingerprint density at radius 3 is 2.50 bits per heavy atom. The van der Waals surface area contributed by atoms with Crippen LogP contribution in [0.1, 0.15) is 26.7 Å². The summed E-state index contributed by atoms with van der Waals surface area (Å²) >= 11 is 0. The predicted molar refractivity (Wildman–Crippen MR) is 65.3 cm³/mol. The first-order valence-corrected chi connectivity index (χ1v) is 7.88. The molecule has 16 heavy (non-hydrogen) atoms. The van der Waals surface area contributed by atoms with Gasteiger partial charge >= 0.3 is 0 Å². The van der Waals surface area contributed by atoms with Gasteiger partial charge in [-0.2, -0.15) is 0 Å². The van der Waals surface area contributed by atoms with Crippen molar-refractivity contribution in [2.45, 2.75) is 32.7 Å². The van der Waals surface area contributed by atoms with Gasteiger partial charge in [-0.15, -0.1) is 0 Å². The molecular weight excluding hydrogens is 226 g/mol. The van der Waals surface area contributed by atoms with Gasteiger partial charge in [0.15, 0.2) is 0 Å². The van der Waals surface area contributed by atoms with Crippen LogP contribution in [0.2, 0.25) is 0 Å². The van der Waals surface area contributed by atoms with E-state index < -0.39 is 9.84 Å². The summed E-state index contributed by atoms with van der Waals surface area (Å²) in [7, 11) is -2.89. The van der Waals surface area contributed by atoms with Crippen molar-refractivity contribution in [2.24, 2.45) is 5.41 Å². The van der Waals surface area contributed by atoms with Crippen molar-refractivity contribution < 1.29 is 13.2 Å². The van der Waals surface area contributed by atoms with E-state index in [4.69, 9.17) is 4.74 Å². The molecule has 1 saturated carbocycles. The number of hydrogen-bond acceptors (Lipinski definition) is 4. The lowest BCUT2D eigenvalue weighted by Crippen LogP contribution is -2.35. The molecule has 1 aliphatic carbocycles. The average molecular weight is 249 g/mol. The molecule has 0 aliphatic heterocycles. The first-order valence-electron chi connectivity index (χ1n) is 5.82. The van der Waals surface area contributed by atoms with E-state index in [1.54, 1.807) is 0 Å². The lowest BCUT2D eigenvalue weighted by Gasteiger charge is -2.20. The maximum Gasteiger partial charge on any atom is 0.149 e. The summed E-state index contributed by atoms with van der Waals surface area (Å²) in [6.07, 6.45) is 3.83. The van der Waals surface area contributed by atoms with Crippen molar-refractivity contribution in [2.75, 3.05) is 31.8 Å². The van der Waals surface area contributed by atoms with Gasteiger partial charge in [0.05, 0.1) is 19.0 Å². The quantitative estimate of drug-likeness (QED) is 0.647. The predicted octanol–water partition coefficient (Wildman–Crippen LogP) is 0.826. The normalized spacial score (nSPS) is 20.7. The highest BCUT2D eigenvalue weighted by Gasteiger charge is 2.41. The molecule has 1 atom stereocenters. The third-order valence-corrected chi connectivity index (χ3v) is 4.29. The van der Waals surface area contributed by atoms with Crippen LogP contribution in [-0.4, -0.2) is 46.2 Å². The summed E-state index contributed by atoms with van der Waals surface area (Å²) < 4.78 is 26.9. The van der Waals surface area contributed by atoms with Gasteiger partial charge in [0.1, 0.15) is 9.84 Å². The van der Waals surface area contributed by atoms with Crippen molar-refractivity contribution >= 4 is 9.84 Å². The minimum Gasteiger partial charge on any atom is -0.379 e. The summed E-state index contributed by atoms with van der Waals surface area (Å²) in [6.45, 7) is 6.15. The third kappa shape index (κ3) is 5.27. The van der Waals surface area contributed by atoms with Gasteiger partial charge < -0.3 is 10.1 Å². The Morgan fingerprint density at radius 2 is 2.00 bits per heavy atom. The van der Waals surface area contributed by atoms with E-state index in [0.29, 0.717) is 24.7 Å². The second-order valence-electron chi connectivity index (χ2n) is 5.07. The third-order valence-electron chi connectivity index (χ3n) is 3.38. The molecule has 1 rings (SSSR count). The molecule has 1 aliphatic rings. The molecule has 1 unspecified atom stereocenters. The van der Waals surface area contributed by atoms with Crippen LogP contribution in [0.4, 0.5) is 0 Å². The zero-order chi connectivity index (χ0) is 12.2. The van der Waals surface area contributed by atoms with Crippen LogP contribution < -0.4 is 5.32 Å². The zero-order valence-corrected chi connectivity index (χ0v) is 11.3. The number of sulfone groups is 1. The van der Waals surface area contributed by atoms with Crippen LogP contribution >= 0.6 is 0 Å². The minimum absolute atomic E-state index is 0.111. The topological polar surface area (TPSA) is 55.4 Å². The van der Waals surface area contributed by atoms with Crippen molar-refractivity contribution in [1.82, 2.24) is 5.32 Å². The smallest absolute Gasteiger partial charge is 0.149 e. The fraction of sp³-hybridized carbons (Fsp3) is 1.00. The van der Waals surface area contributed by atoms with E-state index in [1.807, 2.05) is 0 Å². The lowest BCUT2D eigenvalue weighted by atomic mass is 10.0. The molecule has 0 aromatic rings. The van der Waals surface area contributed by atoms with Gasteiger partial charge in [-0.3, -0.25) is 0 Å². The fourth-order valence-electron chi connectivity index (χ4n) is 1.54. The standard InChI is InChI=1S/C11H23NO3S/c1-10(11(2)4-5-11)12-6-7-15-8-9-16(3,13)14/h10,12H,4-9H2,1-3H3. The number of ether oxygens (including phenoxy) is 1. The van der Waals surface area contributed by atoms with E-state index in [0.717, 1.165) is 6.54 Å². The SMILES string of the molecule is CC(NCCOCCS(C)(=O)=O)C1(C)CC1. The highest BCUT2D eigenvalue weighted by molar-refractivity contribution is 7.90. The maximum absolute atomic E-state index is 10.8. The van der Waals surface area contributed by atoms with E-state index in [9.17, 15) is 8.42 Å². The molecular formula is C11H23NO3S. The molecule has 0 aromatic heterocycles. The van der Waals surface area contributed by atoms with Crippen LogP contribution in [0.5, 0.6) is 0 Å². The summed E-state index contributed by atoms with van der Waals surface area (Å²) in [6, 6.07) is 0.519. The second-order valence-corrected chi connectivity index (χ2v) is 7.33. The molecule has 4 nitrogen and oxygen atoms in total. The molecule has 1 N–H and O–H groups in total. The van der Waals surface area contributed by atoms with Gasteiger partial charge in [-0.25, -0.2) is 8.42 Å². The van der Waals surface area contributed by atoms with Crippen molar-refractivity contribution in [3.63, 3.8) is 0 Å². The largest absolute Gasteiger partial charge is 0.379 e. The van der Waals surface area contributed by atoms with Gasteiger partial charge in [0.25, 0.3) is 0 Å². The Labute approximate surface area is 98.7 Å². The number of hydrogen-bond donors (Lipinski definition) is 1. The molecule has 0 aromatic carbocycles. The van der Waals surface area contributed by atoms with E-state index in [2.05, 4.69) is 19.2 Å². The average Bonchev–Trinajstić information content (AvgIpc) is 2.89. The first-order chi connectivity index (χ1) is 7.33.